The smallest absolute Gasteiger partial charge is 0.317 e. The number of methoxy groups -OCH3 is 1. The summed E-state index contributed by atoms with van der Waals surface area (Å²) >= 11 is 0. The second-order valence-corrected chi connectivity index (χ2v) is 6.25. The minimum Gasteiger partial charge on any atom is -0.497 e. The van der Waals surface area contributed by atoms with Gasteiger partial charge in [0.05, 0.1) is 12.5 Å². The average molecular weight is 349 g/mol. The van der Waals surface area contributed by atoms with Crippen LogP contribution in [0, 0.1) is 5.41 Å². The van der Waals surface area contributed by atoms with E-state index in [4.69, 9.17) is 4.74 Å². The van der Waals surface area contributed by atoms with E-state index in [1.54, 1.807) is 38.3 Å². The number of rotatable bonds is 6. The lowest BCUT2D eigenvalue weighted by molar-refractivity contribution is -0.147. The molecule has 136 valence electrons. The number of hydrogen-bond acceptors (Lipinski definition) is 4. The van der Waals surface area contributed by atoms with Gasteiger partial charge in [-0.3, -0.25) is 9.59 Å². The summed E-state index contributed by atoms with van der Waals surface area (Å²) in [5, 5.41) is 14.6. The number of likely N-dealkylation sites (tertiary alicyclic amines) is 1. The predicted octanol–water partition coefficient (Wildman–Crippen LogP) is 0.931. The summed E-state index contributed by atoms with van der Waals surface area (Å²) in [5.74, 6) is -0.464. The van der Waals surface area contributed by atoms with Gasteiger partial charge in [0, 0.05) is 31.7 Å². The molecule has 1 unspecified atom stereocenters. The Hall–Kier alpha value is -2.77. The van der Waals surface area contributed by atoms with E-state index < -0.39 is 11.4 Å². The Kier molecular flexibility index (Phi) is 5.84. The van der Waals surface area contributed by atoms with Crippen molar-refractivity contribution in [2.45, 2.75) is 13.3 Å². The summed E-state index contributed by atoms with van der Waals surface area (Å²) < 4.78 is 5.03. The summed E-state index contributed by atoms with van der Waals surface area (Å²) in [5.41, 5.74) is -0.385. The van der Waals surface area contributed by atoms with Gasteiger partial charge in [0.2, 0.25) is 0 Å². The van der Waals surface area contributed by atoms with Gasteiger partial charge in [0.15, 0.2) is 0 Å². The van der Waals surface area contributed by atoms with Crippen LogP contribution in [0.2, 0.25) is 0 Å². The van der Waals surface area contributed by atoms with Crippen LogP contribution in [0.3, 0.4) is 0 Å². The zero-order chi connectivity index (χ0) is 18.4. The van der Waals surface area contributed by atoms with E-state index in [1.807, 2.05) is 0 Å². The van der Waals surface area contributed by atoms with Crippen molar-refractivity contribution >= 4 is 17.9 Å². The molecule has 2 rings (SSSR count). The molecule has 1 saturated heterocycles. The second-order valence-electron chi connectivity index (χ2n) is 6.25. The Balaban J connectivity index is 1.71. The van der Waals surface area contributed by atoms with Crippen LogP contribution in [-0.2, 0) is 4.79 Å². The summed E-state index contributed by atoms with van der Waals surface area (Å²) in [6.07, 6.45) is 0.434. The third kappa shape index (κ3) is 4.62. The minimum atomic E-state index is -0.894. The highest BCUT2D eigenvalue weighted by atomic mass is 16.5. The molecule has 8 nitrogen and oxygen atoms in total. The summed E-state index contributed by atoms with van der Waals surface area (Å²) in [4.78, 5) is 36.7. The molecule has 1 aromatic rings. The molecule has 1 heterocycles. The maximum atomic E-state index is 12.0. The van der Waals surface area contributed by atoms with Gasteiger partial charge >= 0.3 is 12.0 Å². The number of nitrogens with zero attached hydrogens (tertiary/aromatic N) is 1. The number of benzene rings is 1. The van der Waals surface area contributed by atoms with Crippen LogP contribution in [0.25, 0.3) is 0 Å². The number of amides is 3. The van der Waals surface area contributed by atoms with E-state index >= 15 is 0 Å². The molecule has 1 aromatic carbocycles. The first-order valence-electron chi connectivity index (χ1n) is 8.04. The maximum absolute atomic E-state index is 12.0. The number of carboxylic acids is 1. The van der Waals surface area contributed by atoms with Gasteiger partial charge in [-0.25, -0.2) is 4.79 Å². The highest BCUT2D eigenvalue weighted by Gasteiger charge is 2.42. The van der Waals surface area contributed by atoms with Crippen LogP contribution in [0.1, 0.15) is 23.7 Å². The van der Waals surface area contributed by atoms with Crippen LogP contribution < -0.4 is 15.4 Å². The minimum absolute atomic E-state index is 0.187. The zero-order valence-corrected chi connectivity index (χ0v) is 14.4. The van der Waals surface area contributed by atoms with E-state index in [2.05, 4.69) is 10.6 Å². The third-order valence-electron chi connectivity index (χ3n) is 4.32. The molecule has 0 saturated carbocycles. The highest BCUT2D eigenvalue weighted by Crippen LogP contribution is 2.29. The first kappa shape index (κ1) is 18.6. The number of nitrogens with one attached hydrogen (secondary N) is 2. The van der Waals surface area contributed by atoms with Crippen molar-refractivity contribution in [3.8, 4) is 5.75 Å². The predicted molar refractivity (Wildman–Crippen MR) is 90.7 cm³/mol. The fourth-order valence-electron chi connectivity index (χ4n) is 2.61. The van der Waals surface area contributed by atoms with Crippen molar-refractivity contribution in [1.82, 2.24) is 15.5 Å². The molecule has 0 aliphatic carbocycles. The van der Waals surface area contributed by atoms with Gasteiger partial charge < -0.3 is 25.4 Å². The number of aliphatic carboxylic acids is 1. The molecule has 1 fully saturated rings. The van der Waals surface area contributed by atoms with E-state index in [1.165, 1.54) is 4.90 Å². The van der Waals surface area contributed by atoms with Gasteiger partial charge in [0.25, 0.3) is 5.91 Å². The number of carboxylic acid groups (broad SMARTS) is 1. The van der Waals surface area contributed by atoms with Gasteiger partial charge in [-0.15, -0.1) is 0 Å². The molecule has 1 aliphatic rings. The van der Waals surface area contributed by atoms with Crippen LogP contribution >= 0.6 is 0 Å². The number of hydrogen-bond donors (Lipinski definition) is 3. The van der Waals surface area contributed by atoms with Crippen LogP contribution in [0.15, 0.2) is 24.3 Å². The monoisotopic (exact) mass is 349 g/mol. The fourth-order valence-corrected chi connectivity index (χ4v) is 2.61. The molecule has 0 aromatic heterocycles. The lowest BCUT2D eigenvalue weighted by atomic mass is 9.90. The standard InChI is InChI=1S/C17H23N3O5/c1-17(15(22)23)7-10-20(11-17)16(24)19-9-8-18-14(21)12-3-5-13(25-2)6-4-12/h3-6H,7-11H2,1-2H3,(H,18,21)(H,19,24)(H,22,23). The topological polar surface area (TPSA) is 108 Å². The first-order valence-corrected chi connectivity index (χ1v) is 8.04. The Morgan fingerprint density at radius 1 is 1.20 bits per heavy atom. The van der Waals surface area contributed by atoms with Crippen molar-refractivity contribution in [2.75, 3.05) is 33.3 Å². The number of carbonyl (C=O) groups excluding carboxylic acids is 2. The third-order valence-corrected chi connectivity index (χ3v) is 4.32. The molecule has 0 radical (unpaired) electrons. The number of ether oxygens (including phenoxy) is 1. The Morgan fingerprint density at radius 2 is 1.84 bits per heavy atom. The van der Waals surface area contributed by atoms with Gasteiger partial charge in [-0.2, -0.15) is 0 Å². The first-order chi connectivity index (χ1) is 11.9. The fraction of sp³-hybridized carbons (Fsp3) is 0.471. The highest BCUT2D eigenvalue weighted by molar-refractivity contribution is 5.94. The zero-order valence-electron chi connectivity index (χ0n) is 14.4. The SMILES string of the molecule is COc1ccc(C(=O)NCCNC(=O)N2CCC(C)(C(=O)O)C2)cc1. The van der Waals surface area contributed by atoms with Crippen LogP contribution in [0.5, 0.6) is 5.75 Å². The normalized spacial score (nSPS) is 19.4. The molecule has 3 N–H and O–H groups in total. The maximum Gasteiger partial charge on any atom is 0.317 e. The molecular weight excluding hydrogens is 326 g/mol. The van der Waals surface area contributed by atoms with Gasteiger partial charge in [0.1, 0.15) is 5.75 Å². The van der Waals surface area contributed by atoms with E-state index in [9.17, 15) is 19.5 Å². The van der Waals surface area contributed by atoms with Crippen molar-refractivity contribution in [3.05, 3.63) is 29.8 Å². The lowest BCUT2D eigenvalue weighted by Gasteiger charge is -2.20. The molecular formula is C17H23N3O5. The number of urea groups is 1. The largest absolute Gasteiger partial charge is 0.497 e. The average Bonchev–Trinajstić information content (AvgIpc) is 3.02. The lowest BCUT2D eigenvalue weighted by Crippen LogP contribution is -2.43. The molecule has 0 spiro atoms. The van der Waals surface area contributed by atoms with Crippen LogP contribution in [0.4, 0.5) is 4.79 Å². The summed E-state index contributed by atoms with van der Waals surface area (Å²) in [7, 11) is 1.55. The Bertz CT molecular complexity index is 646. The molecule has 3 amide bonds. The van der Waals surface area contributed by atoms with E-state index in [-0.39, 0.29) is 31.6 Å². The molecule has 25 heavy (non-hydrogen) atoms. The summed E-state index contributed by atoms with van der Waals surface area (Å²) in [6.45, 7) is 2.78. The quantitative estimate of drug-likeness (QED) is 0.662. The molecule has 8 heteroatoms. The van der Waals surface area contributed by atoms with Crippen molar-refractivity contribution < 1.29 is 24.2 Å². The van der Waals surface area contributed by atoms with Crippen molar-refractivity contribution in [1.29, 1.82) is 0 Å². The number of carbonyl (C=O) groups is 3. The van der Waals surface area contributed by atoms with Crippen molar-refractivity contribution in [3.63, 3.8) is 0 Å². The summed E-state index contributed by atoms with van der Waals surface area (Å²) in [6, 6.07) is 6.39. The second kappa shape index (κ2) is 7.87. The van der Waals surface area contributed by atoms with Crippen molar-refractivity contribution in [2.24, 2.45) is 5.41 Å². The molecule has 1 atom stereocenters. The van der Waals surface area contributed by atoms with Gasteiger partial charge in [-0.05, 0) is 37.6 Å². The molecule has 0 bridgehead atoms. The Morgan fingerprint density at radius 3 is 2.40 bits per heavy atom. The molecule has 1 aliphatic heterocycles. The van der Waals surface area contributed by atoms with Gasteiger partial charge in [-0.1, -0.05) is 0 Å². The van der Waals surface area contributed by atoms with E-state index in [0.29, 0.717) is 24.3 Å². The van der Waals surface area contributed by atoms with Crippen LogP contribution in [-0.4, -0.2) is 61.2 Å². The van der Waals surface area contributed by atoms with E-state index in [0.717, 1.165) is 0 Å². The Labute approximate surface area is 146 Å².